The maximum atomic E-state index is 5.97. The molecule has 0 aliphatic carbocycles. The minimum Gasteiger partial charge on any atom is -0.493 e. The molecule has 1 fully saturated rings. The molecule has 0 spiro atoms. The molecule has 1 aliphatic heterocycles. The van der Waals surface area contributed by atoms with Crippen molar-refractivity contribution >= 4 is 12.4 Å². The molecular weight excluding hydrogens is 400 g/mol. The molecule has 0 saturated carbocycles. The van der Waals surface area contributed by atoms with E-state index in [0.29, 0.717) is 12.6 Å². The maximum Gasteiger partial charge on any atom is 0.161 e. The van der Waals surface area contributed by atoms with Gasteiger partial charge in [-0.05, 0) is 53.1 Å². The van der Waals surface area contributed by atoms with E-state index in [1.165, 1.54) is 11.1 Å². The van der Waals surface area contributed by atoms with E-state index in [4.69, 9.17) is 9.47 Å². The van der Waals surface area contributed by atoms with Crippen LogP contribution in [0.15, 0.2) is 67.3 Å². The van der Waals surface area contributed by atoms with E-state index in [1.807, 2.05) is 30.6 Å². The molecule has 1 aromatic carbocycles. The monoisotopic (exact) mass is 426 g/mol. The fraction of sp³-hybridized carbons (Fsp3) is 0.304. The van der Waals surface area contributed by atoms with Gasteiger partial charge < -0.3 is 14.8 Å². The van der Waals surface area contributed by atoms with E-state index >= 15 is 0 Å². The van der Waals surface area contributed by atoms with Crippen LogP contribution >= 0.6 is 12.4 Å². The Hall–Kier alpha value is -2.67. The molecule has 30 heavy (non-hydrogen) atoms. The number of methoxy groups -OCH3 is 1. The van der Waals surface area contributed by atoms with Crippen LogP contribution in [0.3, 0.4) is 0 Å². The van der Waals surface area contributed by atoms with Gasteiger partial charge in [-0.3, -0.25) is 14.9 Å². The fourth-order valence-electron chi connectivity index (χ4n) is 3.65. The van der Waals surface area contributed by atoms with Gasteiger partial charge in [0, 0.05) is 57.0 Å². The molecule has 1 N–H and O–H groups in total. The van der Waals surface area contributed by atoms with E-state index < -0.39 is 0 Å². The van der Waals surface area contributed by atoms with Gasteiger partial charge in [-0.15, -0.1) is 12.4 Å². The number of pyridine rings is 2. The fourth-order valence-corrected chi connectivity index (χ4v) is 3.65. The summed E-state index contributed by atoms with van der Waals surface area (Å²) in [5, 5.41) is 3.50. The van der Waals surface area contributed by atoms with Gasteiger partial charge in [0.1, 0.15) is 6.61 Å². The molecule has 4 rings (SSSR count). The standard InChI is InChI=1S/C23H26N4O2.ClH/c1-28-23-14-19(2-3-22(23)29-17-18-4-8-24-9-5-18)16-27-13-12-26-15-21(27)20-6-10-25-11-7-20;/h2-11,14,21,26H,12-13,15-17H2,1H3;1H. The molecule has 3 aromatic rings. The molecule has 0 amide bonds. The molecule has 1 unspecified atom stereocenters. The minimum absolute atomic E-state index is 0. The molecule has 0 radical (unpaired) electrons. The van der Waals surface area contributed by atoms with E-state index in [0.717, 1.165) is 43.2 Å². The molecule has 1 saturated heterocycles. The number of aromatic nitrogens is 2. The van der Waals surface area contributed by atoms with Crippen LogP contribution in [0.2, 0.25) is 0 Å². The number of nitrogens with zero attached hydrogens (tertiary/aromatic N) is 3. The Morgan fingerprint density at radius 2 is 1.70 bits per heavy atom. The second-order valence-corrected chi connectivity index (χ2v) is 7.10. The van der Waals surface area contributed by atoms with Crippen LogP contribution < -0.4 is 14.8 Å². The zero-order chi connectivity index (χ0) is 19.9. The summed E-state index contributed by atoms with van der Waals surface area (Å²) in [6.45, 7) is 4.27. The van der Waals surface area contributed by atoms with E-state index in [2.05, 4.69) is 44.5 Å². The number of rotatable bonds is 7. The molecule has 6 nitrogen and oxygen atoms in total. The lowest BCUT2D eigenvalue weighted by Crippen LogP contribution is -2.45. The summed E-state index contributed by atoms with van der Waals surface area (Å²) in [7, 11) is 1.68. The zero-order valence-electron chi connectivity index (χ0n) is 17.0. The topological polar surface area (TPSA) is 59.5 Å². The highest BCUT2D eigenvalue weighted by Gasteiger charge is 2.24. The second kappa shape index (κ2) is 10.9. The first-order valence-electron chi connectivity index (χ1n) is 9.87. The third kappa shape index (κ3) is 5.48. The van der Waals surface area contributed by atoms with E-state index in [-0.39, 0.29) is 12.4 Å². The minimum atomic E-state index is 0. The summed E-state index contributed by atoms with van der Waals surface area (Å²) in [6, 6.07) is 14.6. The lowest BCUT2D eigenvalue weighted by molar-refractivity contribution is 0.153. The van der Waals surface area contributed by atoms with Crippen LogP contribution in [-0.2, 0) is 13.2 Å². The summed E-state index contributed by atoms with van der Waals surface area (Å²) in [5.74, 6) is 1.51. The lowest BCUT2D eigenvalue weighted by Gasteiger charge is -2.36. The largest absolute Gasteiger partial charge is 0.493 e. The Bertz CT molecular complexity index is 912. The summed E-state index contributed by atoms with van der Waals surface area (Å²) < 4.78 is 11.6. The first kappa shape index (κ1) is 22.0. The normalized spacial score (nSPS) is 16.5. The number of piperazine rings is 1. The highest BCUT2D eigenvalue weighted by molar-refractivity contribution is 5.85. The van der Waals surface area contributed by atoms with Crippen LogP contribution in [0.25, 0.3) is 0 Å². The second-order valence-electron chi connectivity index (χ2n) is 7.10. The number of hydrogen-bond acceptors (Lipinski definition) is 6. The van der Waals surface area contributed by atoms with Crippen molar-refractivity contribution in [2.75, 3.05) is 26.7 Å². The summed E-state index contributed by atoms with van der Waals surface area (Å²) in [5.41, 5.74) is 3.57. The number of halogens is 1. The summed E-state index contributed by atoms with van der Waals surface area (Å²) >= 11 is 0. The summed E-state index contributed by atoms with van der Waals surface area (Å²) in [4.78, 5) is 10.7. The van der Waals surface area contributed by atoms with Crippen molar-refractivity contribution < 1.29 is 9.47 Å². The average molecular weight is 427 g/mol. The van der Waals surface area contributed by atoms with Crippen molar-refractivity contribution in [2.45, 2.75) is 19.2 Å². The lowest BCUT2D eigenvalue weighted by atomic mass is 10.0. The molecule has 158 valence electrons. The Balaban J connectivity index is 0.00000256. The van der Waals surface area contributed by atoms with Crippen molar-refractivity contribution in [1.29, 1.82) is 0 Å². The Labute approximate surface area is 183 Å². The smallest absolute Gasteiger partial charge is 0.161 e. The van der Waals surface area contributed by atoms with Crippen LogP contribution in [0.5, 0.6) is 11.5 Å². The molecule has 2 aromatic heterocycles. The molecule has 1 atom stereocenters. The van der Waals surface area contributed by atoms with Gasteiger partial charge in [0.15, 0.2) is 11.5 Å². The first-order valence-corrected chi connectivity index (χ1v) is 9.87. The Morgan fingerprint density at radius 1 is 0.967 bits per heavy atom. The van der Waals surface area contributed by atoms with Gasteiger partial charge in [-0.1, -0.05) is 6.07 Å². The van der Waals surface area contributed by atoms with E-state index in [9.17, 15) is 0 Å². The third-order valence-electron chi connectivity index (χ3n) is 5.20. The average Bonchev–Trinajstić information content (AvgIpc) is 2.80. The van der Waals surface area contributed by atoms with Crippen LogP contribution in [0.1, 0.15) is 22.7 Å². The predicted octanol–water partition coefficient (Wildman–Crippen LogP) is 3.63. The summed E-state index contributed by atoms with van der Waals surface area (Å²) in [6.07, 6.45) is 7.26. The van der Waals surface area contributed by atoms with Gasteiger partial charge in [-0.25, -0.2) is 0 Å². The van der Waals surface area contributed by atoms with Gasteiger partial charge >= 0.3 is 0 Å². The maximum absolute atomic E-state index is 5.97. The van der Waals surface area contributed by atoms with Gasteiger partial charge in [0.25, 0.3) is 0 Å². The van der Waals surface area contributed by atoms with Crippen molar-refractivity contribution in [3.05, 3.63) is 83.9 Å². The first-order chi connectivity index (χ1) is 14.3. The van der Waals surface area contributed by atoms with Gasteiger partial charge in [0.05, 0.1) is 7.11 Å². The van der Waals surface area contributed by atoms with Gasteiger partial charge in [-0.2, -0.15) is 0 Å². The molecule has 7 heteroatoms. The highest BCUT2D eigenvalue weighted by atomic mass is 35.5. The van der Waals surface area contributed by atoms with Crippen LogP contribution in [0.4, 0.5) is 0 Å². The van der Waals surface area contributed by atoms with Crippen molar-refractivity contribution in [3.63, 3.8) is 0 Å². The van der Waals surface area contributed by atoms with Crippen molar-refractivity contribution in [2.24, 2.45) is 0 Å². The molecule has 3 heterocycles. The molecular formula is C23H27ClN4O2. The number of benzene rings is 1. The molecule has 0 bridgehead atoms. The number of hydrogen-bond donors (Lipinski definition) is 1. The number of nitrogens with one attached hydrogen (secondary N) is 1. The van der Waals surface area contributed by atoms with Gasteiger partial charge in [0.2, 0.25) is 0 Å². The van der Waals surface area contributed by atoms with Crippen molar-refractivity contribution in [1.82, 2.24) is 20.2 Å². The number of ether oxygens (including phenoxy) is 2. The van der Waals surface area contributed by atoms with Crippen LogP contribution in [0, 0.1) is 0 Å². The van der Waals surface area contributed by atoms with Crippen molar-refractivity contribution in [3.8, 4) is 11.5 Å². The Kier molecular flexibility index (Phi) is 8.02. The SMILES string of the molecule is COc1cc(CN2CCNCC2c2ccncc2)ccc1OCc1ccncc1.Cl. The van der Waals surface area contributed by atoms with Crippen LogP contribution in [-0.4, -0.2) is 41.6 Å². The third-order valence-corrected chi connectivity index (χ3v) is 5.20. The predicted molar refractivity (Wildman–Crippen MR) is 119 cm³/mol. The van der Waals surface area contributed by atoms with E-state index in [1.54, 1.807) is 19.5 Å². The zero-order valence-corrected chi connectivity index (χ0v) is 17.8. The Morgan fingerprint density at radius 3 is 2.43 bits per heavy atom. The molecule has 1 aliphatic rings. The quantitative estimate of drug-likeness (QED) is 0.622. The highest BCUT2D eigenvalue weighted by Crippen LogP contribution is 2.31.